The van der Waals surface area contributed by atoms with E-state index < -0.39 is 0 Å². The third-order valence-corrected chi connectivity index (χ3v) is 3.03. The smallest absolute Gasteiger partial charge is 0.215 e. The van der Waals surface area contributed by atoms with E-state index in [1.165, 1.54) is 0 Å². The van der Waals surface area contributed by atoms with Crippen molar-refractivity contribution < 1.29 is 0 Å². The first-order valence-corrected chi connectivity index (χ1v) is 5.11. The number of hydrogen-bond acceptors (Lipinski definition) is 2. The number of hydrogen-bond donors (Lipinski definition) is 2. The molecule has 4 heteroatoms. The van der Waals surface area contributed by atoms with E-state index in [1.54, 1.807) is 0 Å². The molecule has 4 nitrogen and oxygen atoms in total. The topological polar surface area (TPSA) is 51.5 Å². The lowest BCUT2D eigenvalue weighted by Crippen LogP contribution is -2.44. The second kappa shape index (κ2) is 3.05. The molecule has 0 bridgehead atoms. The number of aliphatic imine (C=N–C) groups is 1. The number of fused-ring (bicyclic) bond motifs is 1. The SMILES string of the molecule is CC(C)(C)N1CC2C=NC(=N)NC2C1. The first-order valence-electron chi connectivity index (χ1n) is 5.11. The molecule has 0 aliphatic carbocycles. The molecule has 0 aromatic carbocycles. The molecular formula is C10H18N4. The molecule has 2 aliphatic rings. The molecule has 2 N–H and O–H groups in total. The van der Waals surface area contributed by atoms with E-state index in [0.717, 1.165) is 13.1 Å². The van der Waals surface area contributed by atoms with E-state index in [4.69, 9.17) is 5.41 Å². The Morgan fingerprint density at radius 1 is 1.50 bits per heavy atom. The highest BCUT2D eigenvalue weighted by Crippen LogP contribution is 2.25. The van der Waals surface area contributed by atoms with Gasteiger partial charge >= 0.3 is 0 Å². The Morgan fingerprint density at radius 2 is 2.21 bits per heavy atom. The zero-order chi connectivity index (χ0) is 10.3. The molecule has 0 aromatic rings. The van der Waals surface area contributed by atoms with Crippen molar-refractivity contribution in [2.24, 2.45) is 10.9 Å². The van der Waals surface area contributed by atoms with Crippen LogP contribution < -0.4 is 5.32 Å². The molecule has 1 saturated heterocycles. The molecular weight excluding hydrogens is 176 g/mol. The van der Waals surface area contributed by atoms with Crippen LogP contribution in [0, 0.1) is 11.3 Å². The van der Waals surface area contributed by atoms with Crippen LogP contribution in [0.4, 0.5) is 0 Å². The molecule has 14 heavy (non-hydrogen) atoms. The van der Waals surface area contributed by atoms with Crippen LogP contribution in [0.5, 0.6) is 0 Å². The Bertz CT molecular complexity index is 276. The molecule has 0 radical (unpaired) electrons. The molecule has 2 heterocycles. The highest BCUT2D eigenvalue weighted by atomic mass is 15.3. The summed E-state index contributed by atoms with van der Waals surface area (Å²) >= 11 is 0. The van der Waals surface area contributed by atoms with E-state index in [-0.39, 0.29) is 5.54 Å². The molecule has 2 unspecified atom stereocenters. The third kappa shape index (κ3) is 1.66. The van der Waals surface area contributed by atoms with Crippen LogP contribution >= 0.6 is 0 Å². The van der Waals surface area contributed by atoms with Gasteiger partial charge in [0.15, 0.2) is 0 Å². The molecule has 1 fully saturated rings. The van der Waals surface area contributed by atoms with Crippen molar-refractivity contribution in [3.8, 4) is 0 Å². The maximum atomic E-state index is 7.43. The quantitative estimate of drug-likeness (QED) is 0.596. The van der Waals surface area contributed by atoms with Gasteiger partial charge in [-0.1, -0.05) is 0 Å². The van der Waals surface area contributed by atoms with Crippen LogP contribution in [0.1, 0.15) is 20.8 Å². The first kappa shape index (κ1) is 9.65. The number of nitrogens with one attached hydrogen (secondary N) is 2. The molecule has 78 valence electrons. The van der Waals surface area contributed by atoms with Crippen LogP contribution in [-0.2, 0) is 0 Å². The summed E-state index contributed by atoms with van der Waals surface area (Å²) in [7, 11) is 0. The average molecular weight is 194 g/mol. The summed E-state index contributed by atoms with van der Waals surface area (Å²) in [6, 6.07) is 0.388. The fourth-order valence-electron chi connectivity index (χ4n) is 2.06. The van der Waals surface area contributed by atoms with Crippen LogP contribution in [0.25, 0.3) is 0 Å². The molecule has 2 rings (SSSR count). The number of guanidine groups is 1. The Kier molecular flexibility index (Phi) is 2.10. The van der Waals surface area contributed by atoms with Crippen molar-refractivity contribution in [3.05, 3.63) is 0 Å². The molecule has 2 atom stereocenters. The van der Waals surface area contributed by atoms with Gasteiger partial charge < -0.3 is 5.32 Å². The summed E-state index contributed by atoms with van der Waals surface area (Å²) < 4.78 is 0. The first-order chi connectivity index (χ1) is 6.47. The van der Waals surface area contributed by atoms with Gasteiger partial charge in [0, 0.05) is 30.8 Å². The Balaban J connectivity index is 2.09. The highest BCUT2D eigenvalue weighted by molar-refractivity contribution is 5.89. The normalized spacial score (nSPS) is 32.9. The summed E-state index contributed by atoms with van der Waals surface area (Å²) in [5.41, 5.74) is 0.217. The summed E-state index contributed by atoms with van der Waals surface area (Å²) in [5.74, 6) is 0.783. The molecule has 0 aromatic heterocycles. The van der Waals surface area contributed by atoms with E-state index >= 15 is 0 Å². The van der Waals surface area contributed by atoms with Gasteiger partial charge in [0.05, 0.1) is 6.04 Å². The van der Waals surface area contributed by atoms with Crippen molar-refractivity contribution in [1.82, 2.24) is 10.2 Å². The van der Waals surface area contributed by atoms with Gasteiger partial charge in [-0.05, 0) is 20.8 Å². The summed E-state index contributed by atoms with van der Waals surface area (Å²) in [5, 5.41) is 10.6. The predicted octanol–water partition coefficient (Wildman–Crippen LogP) is 0.694. The van der Waals surface area contributed by atoms with Crippen LogP contribution in [0.15, 0.2) is 4.99 Å². The predicted molar refractivity (Wildman–Crippen MR) is 58.0 cm³/mol. The lowest BCUT2D eigenvalue weighted by atomic mass is 10.0. The van der Waals surface area contributed by atoms with E-state index in [1.807, 2.05) is 6.21 Å². The van der Waals surface area contributed by atoms with Gasteiger partial charge in [0.2, 0.25) is 5.96 Å². The number of likely N-dealkylation sites (tertiary alicyclic amines) is 1. The maximum Gasteiger partial charge on any atom is 0.215 e. The van der Waals surface area contributed by atoms with E-state index in [9.17, 15) is 0 Å². The summed E-state index contributed by atoms with van der Waals surface area (Å²) in [6.45, 7) is 8.76. The second-order valence-electron chi connectivity index (χ2n) is 5.12. The third-order valence-electron chi connectivity index (χ3n) is 3.03. The standard InChI is InChI=1S/C10H18N4/c1-10(2,3)14-5-7-4-12-9(11)13-8(7)6-14/h4,7-8H,5-6H2,1-3H3,(H2,11,13). The van der Waals surface area contributed by atoms with Crippen molar-refractivity contribution >= 4 is 12.2 Å². The molecule has 0 saturated carbocycles. The Morgan fingerprint density at radius 3 is 2.86 bits per heavy atom. The largest absolute Gasteiger partial charge is 0.350 e. The fourth-order valence-corrected chi connectivity index (χ4v) is 2.06. The Hall–Kier alpha value is -0.900. The fraction of sp³-hybridized carbons (Fsp3) is 0.800. The van der Waals surface area contributed by atoms with Gasteiger partial charge in [-0.25, -0.2) is 4.99 Å². The van der Waals surface area contributed by atoms with Crippen molar-refractivity contribution in [3.63, 3.8) is 0 Å². The highest BCUT2D eigenvalue weighted by Gasteiger charge is 2.38. The molecule has 0 amide bonds. The van der Waals surface area contributed by atoms with Gasteiger partial charge in [0.25, 0.3) is 0 Å². The minimum atomic E-state index is 0.217. The van der Waals surface area contributed by atoms with Crippen LogP contribution in [-0.4, -0.2) is 41.7 Å². The van der Waals surface area contributed by atoms with E-state index in [2.05, 4.69) is 36.0 Å². The minimum absolute atomic E-state index is 0.217. The van der Waals surface area contributed by atoms with Gasteiger partial charge in [-0.2, -0.15) is 0 Å². The number of rotatable bonds is 0. The molecule has 0 spiro atoms. The van der Waals surface area contributed by atoms with E-state index in [0.29, 0.717) is 17.9 Å². The van der Waals surface area contributed by atoms with Crippen molar-refractivity contribution in [2.45, 2.75) is 32.4 Å². The lowest BCUT2D eigenvalue weighted by molar-refractivity contribution is 0.170. The van der Waals surface area contributed by atoms with Crippen LogP contribution in [0.3, 0.4) is 0 Å². The maximum absolute atomic E-state index is 7.43. The van der Waals surface area contributed by atoms with Gasteiger partial charge in [-0.15, -0.1) is 0 Å². The van der Waals surface area contributed by atoms with Gasteiger partial charge in [-0.3, -0.25) is 10.3 Å². The second-order valence-corrected chi connectivity index (χ2v) is 5.12. The average Bonchev–Trinajstić information content (AvgIpc) is 2.45. The van der Waals surface area contributed by atoms with Crippen molar-refractivity contribution in [1.29, 1.82) is 5.41 Å². The van der Waals surface area contributed by atoms with Crippen LogP contribution in [0.2, 0.25) is 0 Å². The monoisotopic (exact) mass is 194 g/mol. The van der Waals surface area contributed by atoms with Crippen molar-refractivity contribution in [2.75, 3.05) is 13.1 Å². The lowest BCUT2D eigenvalue weighted by Gasteiger charge is -2.31. The summed E-state index contributed by atoms with van der Waals surface area (Å²) in [6.07, 6.45) is 1.93. The van der Waals surface area contributed by atoms with Gasteiger partial charge in [0.1, 0.15) is 0 Å². The Labute approximate surface area is 84.9 Å². The minimum Gasteiger partial charge on any atom is -0.350 e. The number of nitrogens with zero attached hydrogens (tertiary/aromatic N) is 2. The zero-order valence-electron chi connectivity index (χ0n) is 9.04. The summed E-state index contributed by atoms with van der Waals surface area (Å²) in [4.78, 5) is 6.45. The zero-order valence-corrected chi connectivity index (χ0v) is 9.04. The molecule has 2 aliphatic heterocycles.